The van der Waals surface area contributed by atoms with Crippen molar-refractivity contribution in [1.29, 1.82) is 0 Å². The average molecular weight is 470 g/mol. The van der Waals surface area contributed by atoms with Crippen LogP contribution in [-0.4, -0.2) is 29.0 Å². The number of anilines is 1. The molecule has 1 heterocycles. The Bertz CT molecular complexity index is 1250. The first-order valence-electron chi connectivity index (χ1n) is 9.51. The highest BCUT2D eigenvalue weighted by molar-refractivity contribution is 6.51. The summed E-state index contributed by atoms with van der Waals surface area (Å²) in [6.45, 7) is 0. The maximum atomic E-state index is 13.1. The monoisotopic (exact) mass is 469 g/mol. The second kappa shape index (κ2) is 8.57. The number of hydrogen-bond donors (Lipinski definition) is 2. The fourth-order valence-corrected chi connectivity index (χ4v) is 4.06. The van der Waals surface area contributed by atoms with Gasteiger partial charge in [-0.2, -0.15) is 0 Å². The number of carbonyl (C=O) groups is 2. The molecule has 0 aliphatic carbocycles. The van der Waals surface area contributed by atoms with Crippen molar-refractivity contribution >= 4 is 46.3 Å². The molecule has 162 valence electrons. The van der Waals surface area contributed by atoms with E-state index in [9.17, 15) is 19.8 Å². The second-order valence-corrected chi connectivity index (χ2v) is 7.93. The molecule has 1 atom stereocenters. The molecule has 0 radical (unpaired) electrons. The van der Waals surface area contributed by atoms with Crippen molar-refractivity contribution in [3.8, 4) is 11.5 Å². The number of aromatic hydroxyl groups is 1. The lowest BCUT2D eigenvalue weighted by molar-refractivity contribution is -0.132. The van der Waals surface area contributed by atoms with Crippen LogP contribution in [0.2, 0.25) is 10.0 Å². The van der Waals surface area contributed by atoms with Gasteiger partial charge in [-0.25, -0.2) is 0 Å². The van der Waals surface area contributed by atoms with E-state index in [0.29, 0.717) is 22.0 Å². The minimum absolute atomic E-state index is 0.0447. The predicted molar refractivity (Wildman–Crippen MR) is 122 cm³/mol. The molecule has 3 aromatic carbocycles. The van der Waals surface area contributed by atoms with E-state index >= 15 is 0 Å². The summed E-state index contributed by atoms with van der Waals surface area (Å²) in [6.07, 6.45) is 0. The van der Waals surface area contributed by atoms with Gasteiger partial charge in [-0.1, -0.05) is 35.3 Å². The fraction of sp³-hybridized carbons (Fsp3) is 0.0833. The van der Waals surface area contributed by atoms with E-state index in [0.717, 1.165) is 0 Å². The topological polar surface area (TPSA) is 87.1 Å². The van der Waals surface area contributed by atoms with Gasteiger partial charge in [0.05, 0.1) is 23.7 Å². The van der Waals surface area contributed by atoms with Gasteiger partial charge in [-0.15, -0.1) is 0 Å². The van der Waals surface area contributed by atoms with E-state index in [1.54, 1.807) is 42.5 Å². The molecule has 0 saturated carbocycles. The first-order valence-corrected chi connectivity index (χ1v) is 10.3. The Morgan fingerprint density at radius 1 is 1.00 bits per heavy atom. The summed E-state index contributed by atoms with van der Waals surface area (Å²) in [5, 5.41) is 21.8. The highest BCUT2D eigenvalue weighted by atomic mass is 35.5. The van der Waals surface area contributed by atoms with Gasteiger partial charge < -0.3 is 14.9 Å². The molecule has 1 unspecified atom stereocenters. The highest BCUT2D eigenvalue weighted by Gasteiger charge is 2.47. The molecule has 4 rings (SSSR count). The van der Waals surface area contributed by atoms with Crippen molar-refractivity contribution in [1.82, 2.24) is 0 Å². The number of amides is 1. The molecule has 3 aromatic rings. The van der Waals surface area contributed by atoms with E-state index in [2.05, 4.69) is 0 Å². The van der Waals surface area contributed by atoms with Crippen LogP contribution < -0.4 is 9.64 Å². The van der Waals surface area contributed by atoms with Crippen molar-refractivity contribution in [3.05, 3.63) is 93.5 Å². The third kappa shape index (κ3) is 3.79. The number of carbonyl (C=O) groups excluding carboxylic acids is 2. The SMILES string of the molecule is COc1ccc(/C(O)=C2/C(=O)C(=O)N(c3ccc(Cl)cc3)C2c2cccc(O)c2)cc1Cl. The van der Waals surface area contributed by atoms with Crippen molar-refractivity contribution in [2.75, 3.05) is 12.0 Å². The Labute approximate surface area is 193 Å². The first-order chi connectivity index (χ1) is 15.3. The van der Waals surface area contributed by atoms with Gasteiger partial charge in [0.1, 0.15) is 17.3 Å². The van der Waals surface area contributed by atoms with Gasteiger partial charge in [-0.3, -0.25) is 14.5 Å². The molecule has 0 aromatic heterocycles. The molecule has 1 fully saturated rings. The number of halogens is 2. The summed E-state index contributed by atoms with van der Waals surface area (Å²) in [7, 11) is 1.46. The average Bonchev–Trinajstić information content (AvgIpc) is 3.04. The lowest BCUT2D eigenvalue weighted by Crippen LogP contribution is -2.29. The van der Waals surface area contributed by atoms with E-state index in [1.807, 2.05) is 0 Å². The number of benzene rings is 3. The summed E-state index contributed by atoms with van der Waals surface area (Å²) < 4.78 is 5.13. The maximum absolute atomic E-state index is 13.1. The van der Waals surface area contributed by atoms with Crippen LogP contribution in [0.25, 0.3) is 5.76 Å². The Morgan fingerprint density at radius 2 is 1.72 bits per heavy atom. The van der Waals surface area contributed by atoms with Crippen LogP contribution in [0, 0.1) is 0 Å². The number of phenols is 1. The van der Waals surface area contributed by atoms with E-state index in [1.165, 1.54) is 36.3 Å². The normalized spacial score (nSPS) is 17.6. The highest BCUT2D eigenvalue weighted by Crippen LogP contribution is 2.43. The number of aliphatic hydroxyl groups excluding tert-OH is 1. The van der Waals surface area contributed by atoms with Gasteiger partial charge in [0, 0.05) is 16.3 Å². The van der Waals surface area contributed by atoms with E-state index < -0.39 is 23.5 Å². The zero-order valence-corrected chi connectivity index (χ0v) is 18.3. The smallest absolute Gasteiger partial charge is 0.300 e. The molecule has 0 bridgehead atoms. The summed E-state index contributed by atoms with van der Waals surface area (Å²) in [5.74, 6) is -1.72. The quantitative estimate of drug-likeness (QED) is 0.306. The largest absolute Gasteiger partial charge is 0.508 e. The number of nitrogens with zero attached hydrogens (tertiary/aromatic N) is 1. The molecule has 1 aliphatic rings. The zero-order chi connectivity index (χ0) is 23.0. The predicted octanol–water partition coefficient (Wildman–Crippen LogP) is 5.33. The standard InChI is InChI=1S/C24H17Cl2NO5/c1-32-19-10-5-14(12-18(19)26)22(29)20-21(13-3-2-4-17(28)11-13)27(24(31)23(20)30)16-8-6-15(25)7-9-16/h2-12,21,28-29H,1H3/b22-20-. The summed E-state index contributed by atoms with van der Waals surface area (Å²) in [5.41, 5.74) is 0.976. The third-order valence-electron chi connectivity index (χ3n) is 5.16. The number of hydrogen-bond acceptors (Lipinski definition) is 5. The summed E-state index contributed by atoms with van der Waals surface area (Å²) >= 11 is 12.2. The Morgan fingerprint density at radius 3 is 2.34 bits per heavy atom. The molecule has 32 heavy (non-hydrogen) atoms. The number of Topliss-reactive ketones (excluding diaryl/α,β-unsaturated/α-hetero) is 1. The lowest BCUT2D eigenvalue weighted by atomic mass is 9.95. The molecule has 1 aliphatic heterocycles. The van der Waals surface area contributed by atoms with Crippen LogP contribution in [-0.2, 0) is 9.59 Å². The number of aliphatic hydroxyl groups is 1. The Kier molecular flexibility index (Phi) is 5.82. The van der Waals surface area contributed by atoms with E-state index in [-0.39, 0.29) is 21.9 Å². The van der Waals surface area contributed by atoms with Crippen LogP contribution in [0.5, 0.6) is 11.5 Å². The van der Waals surface area contributed by atoms with Crippen LogP contribution in [0.15, 0.2) is 72.3 Å². The van der Waals surface area contributed by atoms with Gasteiger partial charge in [0.15, 0.2) is 0 Å². The molecular formula is C24H17Cl2NO5. The zero-order valence-electron chi connectivity index (χ0n) is 16.8. The maximum Gasteiger partial charge on any atom is 0.300 e. The van der Waals surface area contributed by atoms with Crippen molar-refractivity contribution in [2.45, 2.75) is 6.04 Å². The van der Waals surface area contributed by atoms with Gasteiger partial charge in [0.25, 0.3) is 11.7 Å². The molecule has 1 saturated heterocycles. The van der Waals surface area contributed by atoms with Crippen LogP contribution in [0.1, 0.15) is 17.2 Å². The summed E-state index contributed by atoms with van der Waals surface area (Å²) in [4.78, 5) is 27.4. The Hall–Kier alpha value is -3.48. The van der Waals surface area contributed by atoms with Gasteiger partial charge >= 0.3 is 0 Å². The number of rotatable bonds is 4. The molecule has 0 spiro atoms. The van der Waals surface area contributed by atoms with Gasteiger partial charge in [-0.05, 0) is 60.2 Å². The van der Waals surface area contributed by atoms with Crippen LogP contribution >= 0.6 is 23.2 Å². The fourth-order valence-electron chi connectivity index (χ4n) is 3.68. The number of methoxy groups -OCH3 is 1. The number of ether oxygens (including phenoxy) is 1. The molecule has 6 nitrogen and oxygen atoms in total. The minimum atomic E-state index is -0.982. The van der Waals surface area contributed by atoms with Crippen molar-refractivity contribution < 1.29 is 24.5 Å². The molecular weight excluding hydrogens is 453 g/mol. The van der Waals surface area contributed by atoms with Crippen molar-refractivity contribution in [2.24, 2.45) is 0 Å². The van der Waals surface area contributed by atoms with Gasteiger partial charge in [0.2, 0.25) is 0 Å². The minimum Gasteiger partial charge on any atom is -0.508 e. The Balaban J connectivity index is 1.94. The molecule has 2 N–H and O–H groups in total. The number of phenolic OH excluding ortho intramolecular Hbond substituents is 1. The first kappa shape index (κ1) is 21.7. The lowest BCUT2D eigenvalue weighted by Gasteiger charge is -2.25. The molecule has 1 amide bonds. The van der Waals surface area contributed by atoms with Crippen LogP contribution in [0.3, 0.4) is 0 Å². The van der Waals surface area contributed by atoms with Crippen LogP contribution in [0.4, 0.5) is 5.69 Å². The van der Waals surface area contributed by atoms with E-state index in [4.69, 9.17) is 27.9 Å². The summed E-state index contributed by atoms with van der Waals surface area (Å²) in [6, 6.07) is 16.1. The molecule has 8 heteroatoms. The third-order valence-corrected chi connectivity index (χ3v) is 5.71. The second-order valence-electron chi connectivity index (χ2n) is 7.09. The van der Waals surface area contributed by atoms with Crippen molar-refractivity contribution in [3.63, 3.8) is 0 Å². The number of ketones is 1.